The summed E-state index contributed by atoms with van der Waals surface area (Å²) in [5, 5.41) is 12.3. The Hall–Kier alpha value is -1.66. The second-order valence-corrected chi connectivity index (χ2v) is 5.25. The highest BCUT2D eigenvalue weighted by atomic mass is 35.5. The number of halogens is 1. The van der Waals surface area contributed by atoms with Gasteiger partial charge in [-0.2, -0.15) is 0 Å². The summed E-state index contributed by atoms with van der Waals surface area (Å²) in [7, 11) is 0. The predicted molar refractivity (Wildman–Crippen MR) is 83.0 cm³/mol. The van der Waals surface area contributed by atoms with Crippen molar-refractivity contribution in [3.8, 4) is 11.4 Å². The molecule has 0 aliphatic rings. The molecule has 0 bridgehead atoms. The van der Waals surface area contributed by atoms with Crippen LogP contribution in [0.5, 0.6) is 0 Å². The van der Waals surface area contributed by atoms with Gasteiger partial charge < -0.3 is 10.5 Å². The Labute approximate surface area is 129 Å². The summed E-state index contributed by atoms with van der Waals surface area (Å²) in [6, 6.07) is 5.31. The molecule has 6 nitrogen and oxygen atoms in total. The third-order valence-corrected chi connectivity index (χ3v) is 3.23. The van der Waals surface area contributed by atoms with Gasteiger partial charge in [-0.1, -0.05) is 24.9 Å². The first-order valence-corrected chi connectivity index (χ1v) is 7.49. The summed E-state index contributed by atoms with van der Waals surface area (Å²) in [6.45, 7) is 4.36. The lowest BCUT2D eigenvalue weighted by Gasteiger charge is -2.06. The summed E-state index contributed by atoms with van der Waals surface area (Å²) in [5.41, 5.74) is 7.21. The van der Waals surface area contributed by atoms with E-state index < -0.39 is 0 Å². The zero-order chi connectivity index (χ0) is 15.1. The molecule has 7 heteroatoms. The summed E-state index contributed by atoms with van der Waals surface area (Å²) >= 11 is 6.02. The van der Waals surface area contributed by atoms with Crippen LogP contribution < -0.4 is 5.73 Å². The Bertz CT molecular complexity index is 552. The highest BCUT2D eigenvalue weighted by molar-refractivity contribution is 6.31. The number of aromatic nitrogens is 4. The van der Waals surface area contributed by atoms with Crippen LogP contribution in [0.4, 0.5) is 5.69 Å². The van der Waals surface area contributed by atoms with Gasteiger partial charge in [0.15, 0.2) is 5.82 Å². The fourth-order valence-electron chi connectivity index (χ4n) is 1.97. The van der Waals surface area contributed by atoms with Crippen molar-refractivity contribution in [1.82, 2.24) is 20.2 Å². The Morgan fingerprint density at radius 1 is 1.24 bits per heavy atom. The molecule has 2 rings (SSSR count). The average Bonchev–Trinajstić information content (AvgIpc) is 2.90. The van der Waals surface area contributed by atoms with Crippen molar-refractivity contribution in [1.29, 1.82) is 0 Å². The van der Waals surface area contributed by atoms with Crippen LogP contribution >= 0.6 is 11.6 Å². The van der Waals surface area contributed by atoms with Crippen molar-refractivity contribution in [2.24, 2.45) is 0 Å². The van der Waals surface area contributed by atoms with Gasteiger partial charge in [0, 0.05) is 36.0 Å². The number of nitrogens with two attached hydrogens (primary N) is 1. The molecule has 0 atom stereocenters. The van der Waals surface area contributed by atoms with Gasteiger partial charge in [-0.15, -0.1) is 5.10 Å². The lowest BCUT2D eigenvalue weighted by molar-refractivity contribution is 0.125. The van der Waals surface area contributed by atoms with Crippen molar-refractivity contribution < 1.29 is 4.74 Å². The van der Waals surface area contributed by atoms with Crippen LogP contribution in [-0.2, 0) is 11.3 Å². The molecule has 0 aliphatic carbocycles. The van der Waals surface area contributed by atoms with Gasteiger partial charge in [-0.05, 0) is 41.5 Å². The number of tetrazole rings is 1. The van der Waals surface area contributed by atoms with Crippen LogP contribution in [-0.4, -0.2) is 33.4 Å². The number of nitrogens with zero attached hydrogens (tertiary/aromatic N) is 4. The van der Waals surface area contributed by atoms with Crippen molar-refractivity contribution in [2.45, 2.75) is 32.7 Å². The van der Waals surface area contributed by atoms with E-state index in [4.69, 9.17) is 22.1 Å². The molecule has 114 valence electrons. The van der Waals surface area contributed by atoms with Crippen LogP contribution in [0, 0.1) is 0 Å². The zero-order valence-corrected chi connectivity index (χ0v) is 12.9. The molecule has 1 aromatic heterocycles. The van der Waals surface area contributed by atoms with Gasteiger partial charge in [0.05, 0.1) is 0 Å². The first-order valence-electron chi connectivity index (χ1n) is 7.11. The molecule has 2 N–H and O–H groups in total. The van der Waals surface area contributed by atoms with E-state index in [9.17, 15) is 0 Å². The van der Waals surface area contributed by atoms with Crippen LogP contribution in [0.3, 0.4) is 0 Å². The lowest BCUT2D eigenvalue weighted by Crippen LogP contribution is -2.07. The number of nitrogen functional groups attached to an aromatic ring is 1. The van der Waals surface area contributed by atoms with Crippen LogP contribution in [0.25, 0.3) is 11.4 Å². The maximum atomic E-state index is 6.02. The minimum atomic E-state index is 0.572. The first kappa shape index (κ1) is 15.7. The number of aryl methyl sites for hydroxylation is 1. The molecular weight excluding hydrogens is 290 g/mol. The third-order valence-electron chi connectivity index (χ3n) is 3.01. The topological polar surface area (TPSA) is 78.8 Å². The lowest BCUT2D eigenvalue weighted by atomic mass is 10.2. The minimum absolute atomic E-state index is 0.572. The zero-order valence-electron chi connectivity index (χ0n) is 12.1. The molecule has 0 fully saturated rings. The van der Waals surface area contributed by atoms with E-state index in [1.54, 1.807) is 16.8 Å². The van der Waals surface area contributed by atoms with Crippen LogP contribution in [0.2, 0.25) is 5.02 Å². The average molecular weight is 310 g/mol. The summed E-state index contributed by atoms with van der Waals surface area (Å²) in [5.74, 6) is 0.665. The second kappa shape index (κ2) is 7.95. The van der Waals surface area contributed by atoms with E-state index in [0.717, 1.165) is 31.4 Å². The third kappa shape index (κ3) is 4.68. The number of rotatable bonds is 8. The van der Waals surface area contributed by atoms with Gasteiger partial charge in [0.1, 0.15) is 0 Å². The summed E-state index contributed by atoms with van der Waals surface area (Å²) < 4.78 is 7.28. The van der Waals surface area contributed by atoms with Crippen molar-refractivity contribution >= 4 is 17.3 Å². The number of hydrogen-bond acceptors (Lipinski definition) is 5. The van der Waals surface area contributed by atoms with E-state index in [1.165, 1.54) is 0 Å². The largest absolute Gasteiger partial charge is 0.399 e. The minimum Gasteiger partial charge on any atom is -0.399 e. The molecule has 0 spiro atoms. The van der Waals surface area contributed by atoms with Crippen LogP contribution in [0.1, 0.15) is 26.2 Å². The fourth-order valence-corrected chi connectivity index (χ4v) is 2.21. The number of ether oxygens (including phenoxy) is 1. The van der Waals surface area contributed by atoms with Gasteiger partial charge in [0.2, 0.25) is 0 Å². The molecule has 0 radical (unpaired) electrons. The summed E-state index contributed by atoms with van der Waals surface area (Å²) in [4.78, 5) is 0. The number of hydrogen-bond donors (Lipinski definition) is 1. The monoisotopic (exact) mass is 309 g/mol. The molecule has 0 saturated carbocycles. The molecule has 1 aromatic carbocycles. The highest BCUT2D eigenvalue weighted by Crippen LogP contribution is 2.24. The maximum absolute atomic E-state index is 6.02. The van der Waals surface area contributed by atoms with E-state index >= 15 is 0 Å². The quantitative estimate of drug-likeness (QED) is 0.599. The molecule has 0 aliphatic heterocycles. The number of benzene rings is 1. The first-order chi connectivity index (χ1) is 10.2. The van der Waals surface area contributed by atoms with Crippen molar-refractivity contribution in [3.05, 3.63) is 23.2 Å². The molecule has 1 heterocycles. The predicted octanol–water partition coefficient (Wildman–Crippen LogP) is 2.78. The molecular formula is C14H20ClN5O. The Kier molecular flexibility index (Phi) is 5.95. The second-order valence-electron chi connectivity index (χ2n) is 4.82. The maximum Gasteiger partial charge on any atom is 0.182 e. The van der Waals surface area contributed by atoms with Crippen molar-refractivity contribution in [2.75, 3.05) is 18.9 Å². The fraction of sp³-hybridized carbons (Fsp3) is 0.500. The van der Waals surface area contributed by atoms with E-state index in [-0.39, 0.29) is 0 Å². The number of unbranched alkanes of at least 4 members (excludes halogenated alkanes) is 1. The molecule has 2 aromatic rings. The van der Waals surface area contributed by atoms with E-state index in [2.05, 4.69) is 22.4 Å². The Morgan fingerprint density at radius 2 is 2.05 bits per heavy atom. The normalized spacial score (nSPS) is 11.0. The van der Waals surface area contributed by atoms with Gasteiger partial charge in [-0.3, -0.25) is 0 Å². The molecule has 21 heavy (non-hydrogen) atoms. The van der Waals surface area contributed by atoms with Gasteiger partial charge >= 0.3 is 0 Å². The van der Waals surface area contributed by atoms with E-state index in [0.29, 0.717) is 29.7 Å². The molecule has 0 saturated heterocycles. The smallest absolute Gasteiger partial charge is 0.182 e. The number of anilines is 1. The van der Waals surface area contributed by atoms with Crippen LogP contribution in [0.15, 0.2) is 18.2 Å². The van der Waals surface area contributed by atoms with Crippen molar-refractivity contribution in [3.63, 3.8) is 0 Å². The van der Waals surface area contributed by atoms with E-state index in [1.807, 2.05) is 6.07 Å². The standard InChI is InChI=1S/C14H20ClN5O/c1-2-3-6-21-7-4-5-20-14(17-18-19-20)11-8-12(15)10-13(16)9-11/h8-10H,2-7,16H2,1H3. The molecule has 0 unspecified atom stereocenters. The molecule has 0 amide bonds. The SMILES string of the molecule is CCCCOCCCn1nnnc1-c1cc(N)cc(Cl)c1. The van der Waals surface area contributed by atoms with Gasteiger partial charge in [-0.25, -0.2) is 4.68 Å². The van der Waals surface area contributed by atoms with Gasteiger partial charge in [0.25, 0.3) is 0 Å². The summed E-state index contributed by atoms with van der Waals surface area (Å²) in [6.07, 6.45) is 3.10. The highest BCUT2D eigenvalue weighted by Gasteiger charge is 2.10. The Balaban J connectivity index is 1.95. The Morgan fingerprint density at radius 3 is 2.81 bits per heavy atom.